The Morgan fingerprint density at radius 2 is 2.24 bits per heavy atom. The average Bonchev–Trinajstić information content (AvgIpc) is 2.47. The summed E-state index contributed by atoms with van der Waals surface area (Å²) in [6.45, 7) is 0.753. The van der Waals surface area contributed by atoms with Gasteiger partial charge in [-0.05, 0) is 31.0 Å². The molecular weight excluding hydrogens is 296 g/mol. The standard InChI is InChI=1S/C14H17ClN2O4/c1-21-12-5-4-10(15)7-11(12)16-14(20)17-6-2-3-9(8-17)13(18)19/h4-5,7,9H,2-3,6,8H2,1H3,(H,16,20)(H,18,19). The first-order valence-corrected chi connectivity index (χ1v) is 7.01. The number of methoxy groups -OCH3 is 1. The molecular formula is C14H17ClN2O4. The van der Waals surface area contributed by atoms with Crippen molar-refractivity contribution in [2.24, 2.45) is 5.92 Å². The van der Waals surface area contributed by atoms with Crippen molar-refractivity contribution in [2.45, 2.75) is 12.8 Å². The predicted octanol–water partition coefficient (Wildman–Crippen LogP) is 2.68. The van der Waals surface area contributed by atoms with Crippen molar-refractivity contribution in [3.63, 3.8) is 0 Å². The molecule has 1 aromatic carbocycles. The number of carboxylic acid groups (broad SMARTS) is 1. The van der Waals surface area contributed by atoms with Gasteiger partial charge in [-0.15, -0.1) is 0 Å². The second-order valence-corrected chi connectivity index (χ2v) is 5.33. The molecule has 1 unspecified atom stereocenters. The Bertz CT molecular complexity index is 550. The van der Waals surface area contributed by atoms with Gasteiger partial charge in [0.25, 0.3) is 0 Å². The molecule has 0 aromatic heterocycles. The zero-order chi connectivity index (χ0) is 15.4. The maximum absolute atomic E-state index is 12.2. The number of carboxylic acids is 1. The molecule has 114 valence electrons. The van der Waals surface area contributed by atoms with Crippen LogP contribution in [0.3, 0.4) is 0 Å². The van der Waals surface area contributed by atoms with Gasteiger partial charge in [-0.25, -0.2) is 4.79 Å². The fraction of sp³-hybridized carbons (Fsp3) is 0.429. The van der Waals surface area contributed by atoms with Gasteiger partial charge >= 0.3 is 12.0 Å². The van der Waals surface area contributed by atoms with E-state index in [0.29, 0.717) is 35.8 Å². The van der Waals surface area contributed by atoms with Crippen LogP contribution in [-0.4, -0.2) is 42.2 Å². The van der Waals surface area contributed by atoms with E-state index in [2.05, 4.69) is 5.32 Å². The highest BCUT2D eigenvalue weighted by Gasteiger charge is 2.28. The highest BCUT2D eigenvalue weighted by atomic mass is 35.5. The minimum Gasteiger partial charge on any atom is -0.495 e. The van der Waals surface area contributed by atoms with Crippen LogP contribution in [0.25, 0.3) is 0 Å². The quantitative estimate of drug-likeness (QED) is 0.899. The minimum atomic E-state index is -0.868. The summed E-state index contributed by atoms with van der Waals surface area (Å²) >= 11 is 5.91. The number of rotatable bonds is 3. The van der Waals surface area contributed by atoms with Gasteiger partial charge in [-0.2, -0.15) is 0 Å². The van der Waals surface area contributed by atoms with Crippen LogP contribution in [0.15, 0.2) is 18.2 Å². The molecule has 1 aliphatic heterocycles. The number of anilines is 1. The van der Waals surface area contributed by atoms with Crippen molar-refractivity contribution in [2.75, 3.05) is 25.5 Å². The van der Waals surface area contributed by atoms with Crippen molar-refractivity contribution in [1.29, 1.82) is 0 Å². The molecule has 1 aliphatic rings. The fourth-order valence-electron chi connectivity index (χ4n) is 2.34. The van der Waals surface area contributed by atoms with Gasteiger partial charge in [0.2, 0.25) is 0 Å². The fourth-order valence-corrected chi connectivity index (χ4v) is 2.51. The Hall–Kier alpha value is -1.95. The van der Waals surface area contributed by atoms with Crippen LogP contribution in [-0.2, 0) is 4.79 Å². The molecule has 2 rings (SSSR count). The molecule has 0 spiro atoms. The normalized spacial score (nSPS) is 18.2. The Balaban J connectivity index is 2.07. The second-order valence-electron chi connectivity index (χ2n) is 4.90. The number of nitrogens with one attached hydrogen (secondary N) is 1. The number of carbonyl (C=O) groups excluding carboxylic acids is 1. The molecule has 7 heteroatoms. The molecule has 0 radical (unpaired) electrons. The molecule has 2 amide bonds. The van der Waals surface area contributed by atoms with Crippen molar-refractivity contribution in [1.82, 2.24) is 4.90 Å². The first-order chi connectivity index (χ1) is 10.0. The van der Waals surface area contributed by atoms with E-state index in [1.165, 1.54) is 12.0 Å². The zero-order valence-electron chi connectivity index (χ0n) is 11.6. The number of piperidine rings is 1. The van der Waals surface area contributed by atoms with Crippen LogP contribution in [0.5, 0.6) is 5.75 Å². The molecule has 0 saturated carbocycles. The first-order valence-electron chi connectivity index (χ1n) is 6.63. The smallest absolute Gasteiger partial charge is 0.321 e. The molecule has 0 bridgehead atoms. The molecule has 1 atom stereocenters. The van der Waals surface area contributed by atoms with E-state index in [9.17, 15) is 9.59 Å². The van der Waals surface area contributed by atoms with Crippen LogP contribution >= 0.6 is 11.6 Å². The van der Waals surface area contributed by atoms with Crippen molar-refractivity contribution >= 4 is 29.3 Å². The second kappa shape index (κ2) is 6.67. The molecule has 1 fully saturated rings. The molecule has 2 N–H and O–H groups in total. The number of amides is 2. The minimum absolute atomic E-state index is 0.212. The number of nitrogens with zero attached hydrogens (tertiary/aromatic N) is 1. The zero-order valence-corrected chi connectivity index (χ0v) is 12.4. The van der Waals surface area contributed by atoms with Crippen molar-refractivity contribution in [3.05, 3.63) is 23.2 Å². The van der Waals surface area contributed by atoms with E-state index < -0.39 is 11.9 Å². The maximum Gasteiger partial charge on any atom is 0.321 e. The largest absolute Gasteiger partial charge is 0.495 e. The SMILES string of the molecule is COc1ccc(Cl)cc1NC(=O)N1CCCC(C(=O)O)C1. The average molecular weight is 313 g/mol. The predicted molar refractivity (Wildman–Crippen MR) is 79.0 cm³/mol. The van der Waals surface area contributed by atoms with Gasteiger partial charge in [-0.1, -0.05) is 11.6 Å². The van der Waals surface area contributed by atoms with Gasteiger partial charge in [0.1, 0.15) is 5.75 Å². The molecule has 1 saturated heterocycles. The Morgan fingerprint density at radius 3 is 2.90 bits per heavy atom. The molecule has 6 nitrogen and oxygen atoms in total. The Morgan fingerprint density at radius 1 is 1.48 bits per heavy atom. The highest BCUT2D eigenvalue weighted by Crippen LogP contribution is 2.28. The van der Waals surface area contributed by atoms with Gasteiger partial charge in [-0.3, -0.25) is 4.79 Å². The first kappa shape index (κ1) is 15.4. The number of ether oxygens (including phenoxy) is 1. The van der Waals surface area contributed by atoms with E-state index in [1.807, 2.05) is 0 Å². The summed E-state index contributed by atoms with van der Waals surface area (Å²) in [5.74, 6) is -0.877. The third kappa shape index (κ3) is 3.78. The van der Waals surface area contributed by atoms with E-state index in [-0.39, 0.29) is 12.6 Å². The number of likely N-dealkylation sites (tertiary alicyclic amines) is 1. The lowest BCUT2D eigenvalue weighted by atomic mass is 9.99. The van der Waals surface area contributed by atoms with Crippen molar-refractivity contribution in [3.8, 4) is 5.75 Å². The Labute approximate surface area is 127 Å². The molecule has 1 heterocycles. The summed E-state index contributed by atoms with van der Waals surface area (Å²) in [5.41, 5.74) is 0.465. The van der Waals surface area contributed by atoms with Crippen LogP contribution in [0, 0.1) is 5.92 Å². The Kier molecular flexibility index (Phi) is 4.90. The summed E-state index contributed by atoms with van der Waals surface area (Å²) in [5, 5.41) is 12.2. The summed E-state index contributed by atoms with van der Waals surface area (Å²) < 4.78 is 5.16. The number of benzene rings is 1. The van der Waals surface area contributed by atoms with Crippen LogP contribution in [0.2, 0.25) is 5.02 Å². The van der Waals surface area contributed by atoms with E-state index in [0.717, 1.165) is 0 Å². The van der Waals surface area contributed by atoms with E-state index in [4.69, 9.17) is 21.4 Å². The number of urea groups is 1. The van der Waals surface area contributed by atoms with Crippen LogP contribution in [0.1, 0.15) is 12.8 Å². The van der Waals surface area contributed by atoms with Gasteiger partial charge in [0, 0.05) is 18.1 Å². The summed E-state index contributed by atoms with van der Waals surface area (Å²) in [7, 11) is 1.50. The van der Waals surface area contributed by atoms with Gasteiger partial charge < -0.3 is 20.1 Å². The summed E-state index contributed by atoms with van der Waals surface area (Å²) in [4.78, 5) is 24.8. The number of hydrogen-bond donors (Lipinski definition) is 2. The topological polar surface area (TPSA) is 78.9 Å². The van der Waals surface area contributed by atoms with E-state index >= 15 is 0 Å². The number of halogens is 1. The molecule has 0 aliphatic carbocycles. The highest BCUT2D eigenvalue weighted by molar-refractivity contribution is 6.31. The maximum atomic E-state index is 12.2. The number of carbonyl (C=O) groups is 2. The lowest BCUT2D eigenvalue weighted by Gasteiger charge is -2.30. The van der Waals surface area contributed by atoms with Gasteiger partial charge in [0.05, 0.1) is 18.7 Å². The molecule has 1 aromatic rings. The van der Waals surface area contributed by atoms with Crippen LogP contribution < -0.4 is 10.1 Å². The summed E-state index contributed by atoms with van der Waals surface area (Å²) in [6.07, 6.45) is 1.27. The lowest BCUT2D eigenvalue weighted by molar-refractivity contribution is -0.143. The molecule has 21 heavy (non-hydrogen) atoms. The monoisotopic (exact) mass is 312 g/mol. The van der Waals surface area contributed by atoms with E-state index in [1.54, 1.807) is 18.2 Å². The van der Waals surface area contributed by atoms with Gasteiger partial charge in [0.15, 0.2) is 0 Å². The third-order valence-electron chi connectivity index (χ3n) is 3.46. The number of aliphatic carboxylic acids is 1. The lowest BCUT2D eigenvalue weighted by Crippen LogP contribution is -2.44. The summed E-state index contributed by atoms with van der Waals surface area (Å²) in [6, 6.07) is 4.57. The number of hydrogen-bond acceptors (Lipinski definition) is 3. The van der Waals surface area contributed by atoms with Crippen molar-refractivity contribution < 1.29 is 19.4 Å². The van der Waals surface area contributed by atoms with Crippen LogP contribution in [0.4, 0.5) is 10.5 Å². The third-order valence-corrected chi connectivity index (χ3v) is 3.70.